The molecular formula is C20H18F2N4O. The number of amides is 1. The van der Waals surface area contributed by atoms with E-state index in [9.17, 15) is 13.6 Å². The number of carbonyl (C=O) groups excluding carboxylic acids is 1. The minimum absolute atomic E-state index is 0.164. The summed E-state index contributed by atoms with van der Waals surface area (Å²) in [6, 6.07) is 13.9. The highest BCUT2D eigenvalue weighted by Crippen LogP contribution is 2.23. The Kier molecular flexibility index (Phi) is 4.58. The highest BCUT2D eigenvalue weighted by Gasteiger charge is 2.23. The van der Waals surface area contributed by atoms with Crippen LogP contribution in [-0.4, -0.2) is 47.2 Å². The summed E-state index contributed by atoms with van der Waals surface area (Å²) in [5.74, 6) is -0.0720. The first-order chi connectivity index (χ1) is 13.1. The number of aromatic nitrogens is 2. The van der Waals surface area contributed by atoms with Gasteiger partial charge >= 0.3 is 0 Å². The van der Waals surface area contributed by atoms with Gasteiger partial charge in [-0.2, -0.15) is 5.10 Å². The molecule has 138 valence electrons. The fraction of sp³-hybridized carbons (Fsp3) is 0.200. The molecule has 0 unspecified atom stereocenters. The summed E-state index contributed by atoms with van der Waals surface area (Å²) < 4.78 is 26.4. The summed E-state index contributed by atoms with van der Waals surface area (Å²) in [5.41, 5.74) is 2.03. The Hall–Kier alpha value is -3.22. The molecule has 4 rings (SSSR count). The van der Waals surface area contributed by atoms with Gasteiger partial charge in [-0.05, 0) is 48.0 Å². The Morgan fingerprint density at radius 1 is 0.926 bits per heavy atom. The van der Waals surface area contributed by atoms with Crippen molar-refractivity contribution < 1.29 is 13.6 Å². The highest BCUT2D eigenvalue weighted by molar-refractivity contribution is 5.94. The van der Waals surface area contributed by atoms with Gasteiger partial charge in [-0.25, -0.2) is 8.78 Å². The summed E-state index contributed by atoms with van der Waals surface area (Å²) in [5, 5.41) is 7.30. The Labute approximate surface area is 155 Å². The maximum Gasteiger partial charge on any atom is 0.254 e. The molecule has 0 spiro atoms. The van der Waals surface area contributed by atoms with Crippen molar-refractivity contribution in [3.63, 3.8) is 0 Å². The third-order valence-corrected chi connectivity index (χ3v) is 4.68. The number of rotatable bonds is 3. The summed E-state index contributed by atoms with van der Waals surface area (Å²) in [6.07, 6.45) is 0. The Balaban J connectivity index is 1.41. The smallest absolute Gasteiger partial charge is 0.254 e. The van der Waals surface area contributed by atoms with E-state index in [1.807, 2.05) is 6.07 Å². The predicted octanol–water partition coefficient (Wildman–Crippen LogP) is 3.32. The molecule has 0 bridgehead atoms. The SMILES string of the molecule is O=C(c1cccc(F)c1)N1CCN(c2cc(-c3ccc(F)cc3)[nH]n2)CC1. The van der Waals surface area contributed by atoms with Gasteiger partial charge in [-0.15, -0.1) is 0 Å². The molecule has 27 heavy (non-hydrogen) atoms. The fourth-order valence-electron chi connectivity index (χ4n) is 3.19. The van der Waals surface area contributed by atoms with Crippen molar-refractivity contribution in [3.8, 4) is 11.3 Å². The second kappa shape index (κ2) is 7.19. The number of nitrogens with zero attached hydrogens (tertiary/aromatic N) is 3. The number of piperazine rings is 1. The maximum absolute atomic E-state index is 13.3. The molecule has 2 heterocycles. The molecule has 3 aromatic rings. The lowest BCUT2D eigenvalue weighted by Crippen LogP contribution is -2.49. The van der Waals surface area contributed by atoms with Crippen molar-refractivity contribution in [2.45, 2.75) is 0 Å². The van der Waals surface area contributed by atoms with Crippen LogP contribution in [0.4, 0.5) is 14.6 Å². The third-order valence-electron chi connectivity index (χ3n) is 4.68. The van der Waals surface area contributed by atoms with Crippen LogP contribution in [0, 0.1) is 11.6 Å². The van der Waals surface area contributed by atoms with Crippen LogP contribution in [0.25, 0.3) is 11.3 Å². The van der Waals surface area contributed by atoms with Crippen molar-refractivity contribution in [2.75, 3.05) is 31.1 Å². The van der Waals surface area contributed by atoms with Crippen LogP contribution in [-0.2, 0) is 0 Å². The average Bonchev–Trinajstić information content (AvgIpc) is 3.18. The number of hydrogen-bond acceptors (Lipinski definition) is 3. The normalized spacial score (nSPS) is 14.4. The molecule has 1 fully saturated rings. The lowest BCUT2D eigenvalue weighted by Gasteiger charge is -2.34. The van der Waals surface area contributed by atoms with E-state index in [-0.39, 0.29) is 11.7 Å². The third kappa shape index (κ3) is 3.67. The molecule has 2 aromatic carbocycles. The van der Waals surface area contributed by atoms with E-state index in [1.54, 1.807) is 29.2 Å². The van der Waals surface area contributed by atoms with Gasteiger partial charge < -0.3 is 9.80 Å². The highest BCUT2D eigenvalue weighted by atomic mass is 19.1. The Bertz CT molecular complexity index is 947. The Morgan fingerprint density at radius 2 is 1.67 bits per heavy atom. The predicted molar refractivity (Wildman–Crippen MR) is 98.5 cm³/mol. The quantitative estimate of drug-likeness (QED) is 0.772. The van der Waals surface area contributed by atoms with Crippen LogP contribution >= 0.6 is 0 Å². The van der Waals surface area contributed by atoms with Crippen LogP contribution in [0.3, 0.4) is 0 Å². The monoisotopic (exact) mass is 368 g/mol. The number of nitrogens with one attached hydrogen (secondary N) is 1. The second-order valence-corrected chi connectivity index (χ2v) is 6.44. The standard InChI is InChI=1S/C20H18F2N4O/c21-16-6-4-14(5-7-16)18-13-19(24-23-18)25-8-10-26(11-9-25)20(27)15-2-1-3-17(22)12-15/h1-7,12-13H,8-11H2,(H,23,24). The van der Waals surface area contributed by atoms with E-state index in [4.69, 9.17) is 0 Å². The molecule has 1 amide bonds. The Morgan fingerprint density at radius 3 is 2.37 bits per heavy atom. The van der Waals surface area contributed by atoms with Crippen LogP contribution in [0.5, 0.6) is 0 Å². The van der Waals surface area contributed by atoms with E-state index in [1.165, 1.54) is 24.3 Å². The molecule has 7 heteroatoms. The number of aromatic amines is 1. The topological polar surface area (TPSA) is 52.2 Å². The maximum atomic E-state index is 13.3. The zero-order valence-electron chi connectivity index (χ0n) is 14.5. The van der Waals surface area contributed by atoms with E-state index in [0.29, 0.717) is 31.7 Å². The van der Waals surface area contributed by atoms with Crippen molar-refractivity contribution in [1.29, 1.82) is 0 Å². The van der Waals surface area contributed by atoms with Gasteiger partial charge in [0.25, 0.3) is 5.91 Å². The van der Waals surface area contributed by atoms with Crippen molar-refractivity contribution in [2.24, 2.45) is 0 Å². The first kappa shape index (κ1) is 17.2. The lowest BCUT2D eigenvalue weighted by atomic mass is 10.1. The van der Waals surface area contributed by atoms with Gasteiger partial charge in [0.05, 0.1) is 5.69 Å². The molecule has 1 saturated heterocycles. The lowest BCUT2D eigenvalue weighted by molar-refractivity contribution is 0.0746. The van der Waals surface area contributed by atoms with E-state index in [0.717, 1.165) is 17.1 Å². The van der Waals surface area contributed by atoms with Gasteiger partial charge in [0, 0.05) is 37.8 Å². The van der Waals surface area contributed by atoms with Crippen molar-refractivity contribution in [1.82, 2.24) is 15.1 Å². The first-order valence-electron chi connectivity index (χ1n) is 8.71. The molecule has 1 aliphatic rings. The van der Waals surface area contributed by atoms with Gasteiger partial charge in [0.2, 0.25) is 0 Å². The molecule has 0 atom stereocenters. The second-order valence-electron chi connectivity index (χ2n) is 6.44. The number of benzene rings is 2. The van der Waals surface area contributed by atoms with E-state index >= 15 is 0 Å². The first-order valence-corrected chi connectivity index (χ1v) is 8.71. The van der Waals surface area contributed by atoms with Crippen molar-refractivity contribution in [3.05, 3.63) is 71.8 Å². The van der Waals surface area contributed by atoms with Gasteiger partial charge in [0.1, 0.15) is 11.6 Å². The number of halogens is 2. The zero-order valence-corrected chi connectivity index (χ0v) is 14.5. The van der Waals surface area contributed by atoms with Gasteiger partial charge in [-0.1, -0.05) is 6.07 Å². The number of carbonyl (C=O) groups is 1. The molecule has 5 nitrogen and oxygen atoms in total. The van der Waals surface area contributed by atoms with Crippen LogP contribution < -0.4 is 4.90 Å². The van der Waals surface area contributed by atoms with Crippen molar-refractivity contribution >= 4 is 11.7 Å². The molecule has 0 radical (unpaired) electrons. The molecular weight excluding hydrogens is 350 g/mol. The molecule has 1 aromatic heterocycles. The minimum Gasteiger partial charge on any atom is -0.352 e. The molecule has 0 saturated carbocycles. The fourth-order valence-corrected chi connectivity index (χ4v) is 3.19. The summed E-state index contributed by atoms with van der Waals surface area (Å²) >= 11 is 0. The minimum atomic E-state index is -0.413. The number of H-pyrrole nitrogens is 1. The van der Waals surface area contributed by atoms with E-state index < -0.39 is 5.82 Å². The van der Waals surface area contributed by atoms with Crippen LogP contribution in [0.1, 0.15) is 10.4 Å². The molecule has 1 aliphatic heterocycles. The molecule has 1 N–H and O–H groups in total. The summed E-state index contributed by atoms with van der Waals surface area (Å²) in [6.45, 7) is 2.34. The number of anilines is 1. The molecule has 0 aliphatic carbocycles. The van der Waals surface area contributed by atoms with Crippen LogP contribution in [0.15, 0.2) is 54.6 Å². The summed E-state index contributed by atoms with van der Waals surface area (Å²) in [4.78, 5) is 16.3. The van der Waals surface area contributed by atoms with Gasteiger partial charge in [-0.3, -0.25) is 9.89 Å². The average molecular weight is 368 g/mol. The summed E-state index contributed by atoms with van der Waals surface area (Å²) in [7, 11) is 0. The van der Waals surface area contributed by atoms with Gasteiger partial charge in [0.15, 0.2) is 5.82 Å². The zero-order chi connectivity index (χ0) is 18.8. The van der Waals surface area contributed by atoms with Crippen LogP contribution in [0.2, 0.25) is 0 Å². The largest absolute Gasteiger partial charge is 0.352 e. The van der Waals surface area contributed by atoms with E-state index in [2.05, 4.69) is 15.1 Å². The number of hydrogen-bond donors (Lipinski definition) is 1.